The number of hydrogen-bond acceptors (Lipinski definition) is 5. The summed E-state index contributed by atoms with van der Waals surface area (Å²) in [6, 6.07) is 7.16. The van der Waals surface area contributed by atoms with Gasteiger partial charge in [0.15, 0.2) is 0 Å². The van der Waals surface area contributed by atoms with Crippen LogP contribution in [0, 0.1) is 0 Å². The molecular formula is C24H32Cl2N4O2. The van der Waals surface area contributed by atoms with Gasteiger partial charge in [0.25, 0.3) is 0 Å². The van der Waals surface area contributed by atoms with Gasteiger partial charge < -0.3 is 21.1 Å². The number of aliphatic hydroxyl groups excluding tert-OH is 1. The van der Waals surface area contributed by atoms with Crippen molar-refractivity contribution < 1.29 is 9.90 Å². The lowest BCUT2D eigenvalue weighted by Crippen LogP contribution is -2.55. The first-order valence-electron chi connectivity index (χ1n) is 10.9. The molecule has 3 atom stereocenters. The van der Waals surface area contributed by atoms with E-state index in [1.807, 2.05) is 41.3 Å². The van der Waals surface area contributed by atoms with E-state index in [2.05, 4.69) is 16.8 Å². The number of aliphatic hydroxyl groups is 1. The number of rotatable bonds is 8. The van der Waals surface area contributed by atoms with E-state index in [4.69, 9.17) is 34.0 Å². The molecule has 1 amide bonds. The molecule has 0 radical (unpaired) electrons. The number of halogens is 2. The summed E-state index contributed by atoms with van der Waals surface area (Å²) < 4.78 is 0. The molecule has 0 aromatic heterocycles. The maximum atomic E-state index is 13.5. The third kappa shape index (κ3) is 6.01. The summed E-state index contributed by atoms with van der Waals surface area (Å²) >= 11 is 12.4. The Hall–Kier alpha value is -1.67. The van der Waals surface area contributed by atoms with E-state index in [1.165, 1.54) is 0 Å². The highest BCUT2D eigenvalue weighted by Gasteiger charge is 2.49. The molecule has 174 valence electrons. The van der Waals surface area contributed by atoms with Crippen LogP contribution < -0.4 is 11.1 Å². The largest absolute Gasteiger partial charge is 0.395 e. The molecule has 2 fully saturated rings. The van der Waals surface area contributed by atoms with E-state index in [1.54, 1.807) is 12.2 Å². The smallest absolute Gasteiger partial charge is 0.240 e. The zero-order valence-corrected chi connectivity index (χ0v) is 19.7. The summed E-state index contributed by atoms with van der Waals surface area (Å²) in [6.45, 7) is 7.70. The van der Waals surface area contributed by atoms with Crippen molar-refractivity contribution in [3.63, 3.8) is 0 Å². The maximum Gasteiger partial charge on any atom is 0.240 e. The Labute approximate surface area is 200 Å². The fourth-order valence-electron chi connectivity index (χ4n) is 4.60. The molecule has 1 aromatic rings. The van der Waals surface area contributed by atoms with Crippen LogP contribution in [0.5, 0.6) is 0 Å². The van der Waals surface area contributed by atoms with Crippen molar-refractivity contribution in [1.29, 1.82) is 0 Å². The molecule has 0 spiro atoms. The van der Waals surface area contributed by atoms with Gasteiger partial charge in [0.1, 0.15) is 0 Å². The van der Waals surface area contributed by atoms with E-state index in [0.717, 1.165) is 18.7 Å². The fraction of sp³-hybridized carbons (Fsp3) is 0.458. The number of carbonyl (C=O) groups is 1. The number of β-amino-alcohol motifs (C(OH)–C–C–N with tert-alkyl or cyclic N) is 1. The highest BCUT2D eigenvalue weighted by molar-refractivity contribution is 6.31. The molecule has 8 heteroatoms. The quantitative estimate of drug-likeness (QED) is 0.500. The lowest BCUT2D eigenvalue weighted by molar-refractivity contribution is -0.135. The first-order valence-corrected chi connectivity index (χ1v) is 11.7. The van der Waals surface area contributed by atoms with Crippen LogP contribution in [0.1, 0.15) is 17.9 Å². The minimum Gasteiger partial charge on any atom is -0.395 e. The van der Waals surface area contributed by atoms with Gasteiger partial charge in [-0.2, -0.15) is 0 Å². The molecular weight excluding hydrogens is 447 g/mol. The van der Waals surface area contributed by atoms with Gasteiger partial charge in [0.05, 0.1) is 12.6 Å². The summed E-state index contributed by atoms with van der Waals surface area (Å²) in [4.78, 5) is 17.6. The monoisotopic (exact) mass is 478 g/mol. The average Bonchev–Trinajstić information content (AvgIpc) is 3.11. The van der Waals surface area contributed by atoms with E-state index in [-0.39, 0.29) is 18.4 Å². The zero-order valence-electron chi connectivity index (χ0n) is 18.2. The minimum absolute atomic E-state index is 0.0551. The third-order valence-electron chi connectivity index (χ3n) is 6.23. The highest BCUT2D eigenvalue weighted by atomic mass is 35.5. The van der Waals surface area contributed by atoms with Gasteiger partial charge in [-0.25, -0.2) is 0 Å². The minimum atomic E-state index is -0.675. The molecule has 0 unspecified atom stereocenters. The Kier molecular flexibility index (Phi) is 8.94. The van der Waals surface area contributed by atoms with Crippen LogP contribution in [0.15, 0.2) is 60.2 Å². The fourth-order valence-corrected chi connectivity index (χ4v) is 4.98. The number of allylic oxidation sites excluding steroid dienone is 4. The first kappa shape index (κ1) is 25.0. The number of carbonyl (C=O) groups excluding carboxylic acids is 1. The molecule has 0 bridgehead atoms. The van der Waals surface area contributed by atoms with E-state index < -0.39 is 11.6 Å². The Morgan fingerprint density at radius 2 is 2.09 bits per heavy atom. The van der Waals surface area contributed by atoms with Gasteiger partial charge in [-0.05, 0) is 36.3 Å². The summed E-state index contributed by atoms with van der Waals surface area (Å²) in [6.07, 6.45) is 7.65. The Morgan fingerprint density at radius 3 is 2.75 bits per heavy atom. The van der Waals surface area contributed by atoms with Crippen LogP contribution in [-0.2, 0) is 4.79 Å². The Balaban J connectivity index is 1.82. The van der Waals surface area contributed by atoms with Crippen molar-refractivity contribution in [2.75, 3.05) is 45.9 Å². The van der Waals surface area contributed by atoms with Crippen LogP contribution in [0.2, 0.25) is 5.02 Å². The lowest BCUT2D eigenvalue weighted by Gasteiger charge is -2.38. The molecule has 6 nitrogen and oxygen atoms in total. The number of nitrogens with two attached hydrogens (primary N) is 1. The lowest BCUT2D eigenvalue weighted by atomic mass is 9.76. The molecule has 2 heterocycles. The second kappa shape index (κ2) is 11.5. The third-order valence-corrected chi connectivity index (χ3v) is 6.72. The molecule has 4 N–H and O–H groups in total. The van der Waals surface area contributed by atoms with Crippen molar-refractivity contribution in [3.8, 4) is 0 Å². The van der Waals surface area contributed by atoms with E-state index in [0.29, 0.717) is 42.7 Å². The first-order chi connectivity index (χ1) is 15.4. The van der Waals surface area contributed by atoms with E-state index >= 15 is 0 Å². The average molecular weight is 479 g/mol. The molecule has 3 rings (SSSR count). The number of hydrogen-bond donors (Lipinski definition) is 3. The topological polar surface area (TPSA) is 81.8 Å². The Bertz CT molecular complexity index is 867. The maximum absolute atomic E-state index is 13.5. The molecule has 0 saturated carbocycles. The van der Waals surface area contributed by atoms with Gasteiger partial charge in [-0.15, -0.1) is 0 Å². The van der Waals surface area contributed by atoms with Crippen molar-refractivity contribution in [3.05, 3.63) is 70.8 Å². The van der Waals surface area contributed by atoms with Crippen LogP contribution in [0.25, 0.3) is 0 Å². The highest BCUT2D eigenvalue weighted by Crippen LogP contribution is 2.39. The van der Waals surface area contributed by atoms with Crippen LogP contribution in [0.4, 0.5) is 0 Å². The van der Waals surface area contributed by atoms with Crippen LogP contribution in [0.3, 0.4) is 0 Å². The zero-order chi connectivity index (χ0) is 23.1. The number of benzene rings is 1. The van der Waals surface area contributed by atoms with E-state index in [9.17, 15) is 4.79 Å². The summed E-state index contributed by atoms with van der Waals surface area (Å²) in [5.41, 5.74) is 7.19. The molecule has 0 aliphatic carbocycles. The molecule has 32 heavy (non-hydrogen) atoms. The van der Waals surface area contributed by atoms with Crippen molar-refractivity contribution >= 4 is 29.1 Å². The predicted molar refractivity (Wildman–Crippen MR) is 131 cm³/mol. The van der Waals surface area contributed by atoms with Gasteiger partial charge in [0, 0.05) is 60.8 Å². The molecule has 2 aliphatic heterocycles. The second-order valence-electron chi connectivity index (χ2n) is 8.41. The van der Waals surface area contributed by atoms with Crippen LogP contribution in [-0.4, -0.2) is 78.3 Å². The predicted octanol–water partition coefficient (Wildman–Crippen LogP) is 2.48. The van der Waals surface area contributed by atoms with Gasteiger partial charge in [-0.1, -0.05) is 54.1 Å². The summed E-state index contributed by atoms with van der Waals surface area (Å²) in [5, 5.41) is 13.8. The molecule has 2 saturated heterocycles. The van der Waals surface area contributed by atoms with Crippen molar-refractivity contribution in [2.45, 2.75) is 23.9 Å². The number of nitrogens with zero attached hydrogens (tertiary/aromatic N) is 2. The van der Waals surface area contributed by atoms with Gasteiger partial charge >= 0.3 is 0 Å². The molecule has 1 aromatic carbocycles. The summed E-state index contributed by atoms with van der Waals surface area (Å²) in [5.74, 6) is -0.185. The van der Waals surface area contributed by atoms with Gasteiger partial charge in [0.2, 0.25) is 5.91 Å². The second-order valence-corrected chi connectivity index (χ2v) is 9.28. The van der Waals surface area contributed by atoms with Crippen molar-refractivity contribution in [2.24, 2.45) is 5.73 Å². The molecule has 2 aliphatic rings. The van der Waals surface area contributed by atoms with Crippen molar-refractivity contribution in [1.82, 2.24) is 15.1 Å². The number of piperazine rings is 1. The Morgan fingerprint density at radius 1 is 1.34 bits per heavy atom. The standard InChI is InChI=1S/C24H32Cl2N4O2/c1-2-5-19(25)8-4-9-24(27)17-28-22(21(24)18-6-3-7-20(26)16-18)23(32)30-12-10-29(11-13-30)14-15-31/h2-8,16,21-22,28,31H,1,9-15,17,27H2/b8-4-,19-5+/t21-,22+,24+/m0/s1. The normalized spacial score (nSPS) is 27.2. The van der Waals surface area contributed by atoms with Crippen LogP contribution >= 0.6 is 23.2 Å². The number of amides is 1. The number of nitrogens with one attached hydrogen (secondary N) is 1. The summed E-state index contributed by atoms with van der Waals surface area (Å²) in [7, 11) is 0. The SMILES string of the molecule is C=C/C=C(Cl)\C=C/C[C@@]1(N)CN[C@@H](C(=O)N2CCN(CCO)CC2)[C@@H]1c1cccc(Cl)c1. The van der Waals surface area contributed by atoms with Gasteiger partial charge in [-0.3, -0.25) is 9.69 Å².